The van der Waals surface area contributed by atoms with Gasteiger partial charge >= 0.3 is 0 Å². The number of amides is 1. The molecule has 144 valence electrons. The van der Waals surface area contributed by atoms with Gasteiger partial charge in [0.05, 0.1) is 24.0 Å². The van der Waals surface area contributed by atoms with Crippen LogP contribution in [0.5, 0.6) is 0 Å². The van der Waals surface area contributed by atoms with Gasteiger partial charge in [-0.15, -0.1) is 0 Å². The Morgan fingerprint density at radius 3 is 2.54 bits per heavy atom. The minimum atomic E-state index is -0.581. The minimum absolute atomic E-state index is 0.0198. The van der Waals surface area contributed by atoms with Crippen LogP contribution in [0.15, 0.2) is 65.6 Å². The molecule has 0 saturated heterocycles. The Morgan fingerprint density at radius 2 is 1.79 bits per heavy atom. The molecule has 0 radical (unpaired) electrons. The molecule has 3 rings (SSSR count). The first-order valence-corrected chi connectivity index (χ1v) is 9.00. The molecule has 0 spiro atoms. The lowest BCUT2D eigenvalue weighted by Gasteiger charge is -2.11. The molecular weight excluding hydrogens is 383 g/mol. The standard InChI is InChI=1S/C20H18ClFN4O2/c21-18-17(12-25-26(20(18)28)13-14-6-2-1-3-7-14)23-10-11-24-19(27)15-8-4-5-9-16(15)22/h1-9,12,23H,10-11,13H2,(H,24,27). The maximum Gasteiger partial charge on any atom is 0.287 e. The number of halogens is 2. The third kappa shape index (κ3) is 4.75. The van der Waals surface area contributed by atoms with Gasteiger partial charge < -0.3 is 10.6 Å². The molecule has 0 atom stereocenters. The molecule has 1 amide bonds. The second-order valence-electron chi connectivity index (χ2n) is 5.98. The summed E-state index contributed by atoms with van der Waals surface area (Å²) in [5.41, 5.74) is 0.873. The van der Waals surface area contributed by atoms with Crippen molar-refractivity contribution in [3.63, 3.8) is 0 Å². The fraction of sp³-hybridized carbons (Fsp3) is 0.150. The van der Waals surface area contributed by atoms with Crippen LogP contribution in [-0.4, -0.2) is 28.8 Å². The van der Waals surface area contributed by atoms with E-state index >= 15 is 0 Å². The van der Waals surface area contributed by atoms with Gasteiger partial charge in [-0.25, -0.2) is 9.07 Å². The van der Waals surface area contributed by atoms with Gasteiger partial charge in [-0.3, -0.25) is 9.59 Å². The fourth-order valence-electron chi connectivity index (χ4n) is 2.57. The number of anilines is 1. The Kier molecular flexibility index (Phi) is 6.39. The third-order valence-electron chi connectivity index (χ3n) is 4.00. The second kappa shape index (κ2) is 9.14. The normalized spacial score (nSPS) is 10.5. The molecule has 0 aliphatic heterocycles. The smallest absolute Gasteiger partial charge is 0.287 e. The molecule has 2 aromatic carbocycles. The molecule has 28 heavy (non-hydrogen) atoms. The predicted molar refractivity (Wildman–Crippen MR) is 106 cm³/mol. The molecule has 0 saturated carbocycles. The van der Waals surface area contributed by atoms with Gasteiger partial charge in [-0.2, -0.15) is 5.10 Å². The van der Waals surface area contributed by atoms with E-state index in [1.165, 1.54) is 29.1 Å². The maximum absolute atomic E-state index is 13.6. The van der Waals surface area contributed by atoms with Crippen LogP contribution >= 0.6 is 11.6 Å². The number of rotatable bonds is 7. The molecule has 2 N–H and O–H groups in total. The first-order chi connectivity index (χ1) is 13.6. The summed E-state index contributed by atoms with van der Waals surface area (Å²) < 4.78 is 14.8. The molecular formula is C20H18ClFN4O2. The van der Waals surface area contributed by atoms with Crippen LogP contribution in [0, 0.1) is 5.82 Å². The van der Waals surface area contributed by atoms with Gasteiger partial charge in [-0.1, -0.05) is 54.1 Å². The van der Waals surface area contributed by atoms with Gasteiger partial charge in [0.2, 0.25) is 0 Å². The second-order valence-corrected chi connectivity index (χ2v) is 6.36. The number of nitrogens with zero attached hydrogens (tertiary/aromatic N) is 2. The summed E-state index contributed by atoms with van der Waals surface area (Å²) in [6.45, 7) is 0.832. The molecule has 0 aliphatic rings. The largest absolute Gasteiger partial charge is 0.381 e. The van der Waals surface area contributed by atoms with E-state index in [9.17, 15) is 14.0 Å². The van der Waals surface area contributed by atoms with Crippen molar-refractivity contribution in [2.45, 2.75) is 6.54 Å². The zero-order chi connectivity index (χ0) is 19.9. The average Bonchev–Trinajstić information content (AvgIpc) is 2.71. The molecule has 0 aliphatic carbocycles. The van der Waals surface area contributed by atoms with E-state index < -0.39 is 17.3 Å². The number of nitrogens with one attached hydrogen (secondary N) is 2. The SMILES string of the molecule is O=C(NCCNc1cnn(Cc2ccccc2)c(=O)c1Cl)c1ccccc1F. The van der Waals surface area contributed by atoms with E-state index in [4.69, 9.17) is 11.6 Å². The number of benzene rings is 2. The summed E-state index contributed by atoms with van der Waals surface area (Å²) in [4.78, 5) is 24.3. The Bertz CT molecular complexity index is 1020. The molecule has 3 aromatic rings. The van der Waals surface area contributed by atoms with Gasteiger partial charge in [0.1, 0.15) is 10.8 Å². The van der Waals surface area contributed by atoms with E-state index in [0.29, 0.717) is 18.8 Å². The van der Waals surface area contributed by atoms with Crippen molar-refractivity contribution < 1.29 is 9.18 Å². The van der Waals surface area contributed by atoms with Crippen LogP contribution in [-0.2, 0) is 6.54 Å². The predicted octanol–water partition coefficient (Wildman–Crippen LogP) is 2.93. The van der Waals surface area contributed by atoms with Crippen molar-refractivity contribution in [1.82, 2.24) is 15.1 Å². The summed E-state index contributed by atoms with van der Waals surface area (Å²) in [6.07, 6.45) is 1.46. The van der Waals surface area contributed by atoms with Crippen molar-refractivity contribution in [3.8, 4) is 0 Å². The summed E-state index contributed by atoms with van der Waals surface area (Å²) in [6, 6.07) is 15.2. The van der Waals surface area contributed by atoms with Crippen molar-refractivity contribution in [2.24, 2.45) is 0 Å². The molecule has 0 bridgehead atoms. The quantitative estimate of drug-likeness (QED) is 0.598. The van der Waals surface area contributed by atoms with Crippen LogP contribution in [0.2, 0.25) is 5.02 Å². The summed E-state index contributed by atoms with van der Waals surface area (Å²) in [5, 5.41) is 9.70. The molecule has 0 fully saturated rings. The highest BCUT2D eigenvalue weighted by molar-refractivity contribution is 6.32. The molecule has 0 unspecified atom stereocenters. The summed E-state index contributed by atoms with van der Waals surface area (Å²) >= 11 is 6.15. The monoisotopic (exact) mass is 400 g/mol. The lowest BCUT2D eigenvalue weighted by atomic mass is 10.2. The molecule has 1 aromatic heterocycles. The zero-order valence-electron chi connectivity index (χ0n) is 14.9. The maximum atomic E-state index is 13.6. The van der Waals surface area contributed by atoms with E-state index in [1.807, 2.05) is 30.3 Å². The number of hydrogen-bond acceptors (Lipinski definition) is 4. The Balaban J connectivity index is 1.56. The zero-order valence-corrected chi connectivity index (χ0v) is 15.6. The van der Waals surface area contributed by atoms with E-state index in [2.05, 4.69) is 15.7 Å². The Hall–Kier alpha value is -3.19. The van der Waals surface area contributed by atoms with E-state index in [-0.39, 0.29) is 17.1 Å². The summed E-state index contributed by atoms with van der Waals surface area (Å²) in [7, 11) is 0. The van der Waals surface area contributed by atoms with Gasteiger partial charge in [0, 0.05) is 13.1 Å². The number of carbonyl (C=O) groups is 1. The first-order valence-electron chi connectivity index (χ1n) is 8.62. The van der Waals surface area contributed by atoms with Crippen LogP contribution in [0.1, 0.15) is 15.9 Å². The highest BCUT2D eigenvalue weighted by Crippen LogP contribution is 2.15. The van der Waals surface area contributed by atoms with Crippen LogP contribution in [0.3, 0.4) is 0 Å². The van der Waals surface area contributed by atoms with E-state index in [0.717, 1.165) is 5.56 Å². The van der Waals surface area contributed by atoms with Gasteiger partial charge in [0.25, 0.3) is 11.5 Å². The lowest BCUT2D eigenvalue weighted by molar-refractivity contribution is 0.0951. The third-order valence-corrected chi connectivity index (χ3v) is 4.37. The van der Waals surface area contributed by atoms with Gasteiger partial charge in [0.15, 0.2) is 0 Å². The van der Waals surface area contributed by atoms with Crippen molar-refractivity contribution in [2.75, 3.05) is 18.4 Å². The fourth-order valence-corrected chi connectivity index (χ4v) is 2.78. The highest BCUT2D eigenvalue weighted by Gasteiger charge is 2.11. The van der Waals surface area contributed by atoms with E-state index in [1.54, 1.807) is 6.07 Å². The first kappa shape index (κ1) is 19.6. The minimum Gasteiger partial charge on any atom is -0.381 e. The highest BCUT2D eigenvalue weighted by atomic mass is 35.5. The van der Waals surface area contributed by atoms with Crippen LogP contribution < -0.4 is 16.2 Å². The van der Waals surface area contributed by atoms with Crippen molar-refractivity contribution in [1.29, 1.82) is 0 Å². The molecule has 6 nitrogen and oxygen atoms in total. The number of hydrogen-bond donors (Lipinski definition) is 2. The molecule has 1 heterocycles. The van der Waals surface area contributed by atoms with Crippen LogP contribution in [0.25, 0.3) is 0 Å². The summed E-state index contributed by atoms with van der Waals surface area (Å²) in [5.74, 6) is -1.09. The Labute approximate surface area is 166 Å². The number of aromatic nitrogens is 2. The van der Waals surface area contributed by atoms with Crippen LogP contribution in [0.4, 0.5) is 10.1 Å². The Morgan fingerprint density at radius 1 is 1.07 bits per heavy atom. The number of carbonyl (C=O) groups excluding carboxylic acids is 1. The van der Waals surface area contributed by atoms with Gasteiger partial charge in [-0.05, 0) is 17.7 Å². The molecule has 8 heteroatoms. The topological polar surface area (TPSA) is 76.0 Å². The lowest BCUT2D eigenvalue weighted by Crippen LogP contribution is -2.30. The average molecular weight is 401 g/mol. The van der Waals surface area contributed by atoms with Crippen molar-refractivity contribution in [3.05, 3.63) is 93.1 Å². The van der Waals surface area contributed by atoms with Crippen molar-refractivity contribution >= 4 is 23.2 Å².